The second-order valence-corrected chi connectivity index (χ2v) is 8.79. The van der Waals surface area contributed by atoms with Gasteiger partial charge in [-0.1, -0.05) is 6.92 Å². The van der Waals surface area contributed by atoms with E-state index in [1.807, 2.05) is 0 Å². The molecule has 0 radical (unpaired) electrons. The highest BCUT2D eigenvalue weighted by atomic mass is 32.1. The van der Waals surface area contributed by atoms with Gasteiger partial charge in [-0.15, -0.1) is 11.3 Å². The van der Waals surface area contributed by atoms with E-state index in [1.54, 1.807) is 11.3 Å². The van der Waals surface area contributed by atoms with Crippen molar-refractivity contribution in [2.75, 3.05) is 26.2 Å². The van der Waals surface area contributed by atoms with E-state index in [2.05, 4.69) is 47.9 Å². The molecule has 0 saturated carbocycles. The quantitative estimate of drug-likeness (QED) is 0.809. The van der Waals surface area contributed by atoms with Gasteiger partial charge in [-0.3, -0.25) is 4.90 Å². The highest BCUT2D eigenvalue weighted by Gasteiger charge is 2.41. The van der Waals surface area contributed by atoms with Gasteiger partial charge in [0.2, 0.25) is 0 Å². The lowest BCUT2D eigenvalue weighted by Gasteiger charge is -2.49. The van der Waals surface area contributed by atoms with Crippen LogP contribution in [0.5, 0.6) is 0 Å². The first-order chi connectivity index (χ1) is 11.5. The third-order valence-electron chi connectivity index (χ3n) is 5.86. The molecule has 2 aliphatic rings. The number of piperidine rings is 1. The van der Waals surface area contributed by atoms with Crippen LogP contribution in [0.4, 0.5) is 0 Å². The second kappa shape index (κ2) is 7.81. The van der Waals surface area contributed by atoms with Crippen LogP contribution >= 0.6 is 11.3 Å². The molecule has 0 aliphatic carbocycles. The summed E-state index contributed by atoms with van der Waals surface area (Å²) in [5.74, 6) is 0. The van der Waals surface area contributed by atoms with Gasteiger partial charge in [0, 0.05) is 43.7 Å². The van der Waals surface area contributed by atoms with Crippen molar-refractivity contribution in [2.24, 2.45) is 0 Å². The zero-order valence-electron chi connectivity index (χ0n) is 15.8. The van der Waals surface area contributed by atoms with Crippen molar-refractivity contribution in [3.63, 3.8) is 0 Å². The fourth-order valence-electron chi connectivity index (χ4n) is 4.30. The predicted octanol–water partition coefficient (Wildman–Crippen LogP) is 3.70. The summed E-state index contributed by atoms with van der Waals surface area (Å²) >= 11 is 1.76. The van der Waals surface area contributed by atoms with E-state index in [0.717, 1.165) is 26.1 Å². The molecule has 2 saturated heterocycles. The van der Waals surface area contributed by atoms with Gasteiger partial charge in [-0.25, -0.2) is 4.98 Å². The third-order valence-corrected chi connectivity index (χ3v) is 6.68. The molecule has 4 nitrogen and oxygen atoms in total. The summed E-state index contributed by atoms with van der Waals surface area (Å²) in [4.78, 5) is 9.88. The molecule has 5 heteroatoms. The van der Waals surface area contributed by atoms with E-state index in [-0.39, 0.29) is 5.60 Å². The molecule has 1 aromatic rings. The fraction of sp³-hybridized carbons (Fsp3) is 0.842. The van der Waals surface area contributed by atoms with Gasteiger partial charge in [0.15, 0.2) is 0 Å². The zero-order valence-corrected chi connectivity index (χ0v) is 16.6. The Morgan fingerprint density at radius 3 is 2.75 bits per heavy atom. The summed E-state index contributed by atoms with van der Waals surface area (Å²) in [6, 6.07) is 1.29. The highest BCUT2D eigenvalue weighted by Crippen LogP contribution is 2.37. The Hall–Kier alpha value is -0.490. The fourth-order valence-corrected chi connectivity index (χ4v) is 4.90. The lowest BCUT2D eigenvalue weighted by molar-refractivity contribution is -0.135. The molecular formula is C19H33N3OS. The minimum absolute atomic E-state index is 0.125. The average molecular weight is 352 g/mol. The summed E-state index contributed by atoms with van der Waals surface area (Å²) < 4.78 is 6.35. The lowest BCUT2D eigenvalue weighted by Crippen LogP contribution is -2.54. The topological polar surface area (TPSA) is 28.6 Å². The van der Waals surface area contributed by atoms with Gasteiger partial charge in [0.1, 0.15) is 0 Å². The molecule has 136 valence electrons. The number of aryl methyl sites for hydroxylation is 1. The van der Waals surface area contributed by atoms with Crippen LogP contribution in [0.2, 0.25) is 0 Å². The Morgan fingerprint density at radius 1 is 1.42 bits per heavy atom. The first-order valence-corrected chi connectivity index (χ1v) is 10.4. The molecule has 1 atom stereocenters. The summed E-state index contributed by atoms with van der Waals surface area (Å²) in [6.07, 6.45) is 4.73. The van der Waals surface area contributed by atoms with Gasteiger partial charge in [-0.2, -0.15) is 0 Å². The molecule has 2 fully saturated rings. The van der Waals surface area contributed by atoms with Crippen molar-refractivity contribution >= 4 is 11.3 Å². The number of ether oxygens (including phenoxy) is 1. The maximum absolute atomic E-state index is 6.35. The molecule has 0 amide bonds. The Kier molecular flexibility index (Phi) is 5.96. The first-order valence-electron chi connectivity index (χ1n) is 9.54. The van der Waals surface area contributed by atoms with Crippen molar-refractivity contribution in [2.45, 2.75) is 77.6 Å². The maximum Gasteiger partial charge on any atom is 0.0897 e. The summed E-state index contributed by atoms with van der Waals surface area (Å²) in [7, 11) is 0. The van der Waals surface area contributed by atoms with Crippen LogP contribution in [-0.4, -0.2) is 58.7 Å². The normalized spacial score (nSPS) is 25.0. The zero-order chi connectivity index (χ0) is 17.2. The molecule has 0 bridgehead atoms. The van der Waals surface area contributed by atoms with Crippen LogP contribution in [-0.2, 0) is 11.3 Å². The summed E-state index contributed by atoms with van der Waals surface area (Å²) in [6.45, 7) is 14.3. The van der Waals surface area contributed by atoms with Crippen molar-refractivity contribution < 1.29 is 4.74 Å². The number of thiazole rings is 1. The van der Waals surface area contributed by atoms with E-state index in [4.69, 9.17) is 4.74 Å². The number of aromatic nitrogens is 1. The molecule has 0 aromatic carbocycles. The van der Waals surface area contributed by atoms with Crippen LogP contribution < -0.4 is 0 Å². The number of hydrogen-bond donors (Lipinski definition) is 0. The molecule has 1 unspecified atom stereocenters. The van der Waals surface area contributed by atoms with Crippen LogP contribution in [0, 0.1) is 6.92 Å². The largest absolute Gasteiger partial charge is 0.375 e. The molecular weight excluding hydrogens is 318 g/mol. The molecule has 3 rings (SSSR count). The second-order valence-electron chi connectivity index (χ2n) is 7.73. The van der Waals surface area contributed by atoms with E-state index in [9.17, 15) is 0 Å². The maximum atomic E-state index is 6.35. The third kappa shape index (κ3) is 4.18. The smallest absolute Gasteiger partial charge is 0.0897 e. The van der Waals surface area contributed by atoms with Crippen LogP contribution in [0.3, 0.4) is 0 Å². The van der Waals surface area contributed by atoms with Gasteiger partial charge in [0.05, 0.1) is 16.3 Å². The number of rotatable bonds is 5. The van der Waals surface area contributed by atoms with Gasteiger partial charge < -0.3 is 9.64 Å². The predicted molar refractivity (Wildman–Crippen MR) is 101 cm³/mol. The monoisotopic (exact) mass is 351 g/mol. The van der Waals surface area contributed by atoms with Gasteiger partial charge in [0.25, 0.3) is 0 Å². The highest BCUT2D eigenvalue weighted by molar-refractivity contribution is 7.09. The van der Waals surface area contributed by atoms with E-state index in [0.29, 0.717) is 12.1 Å². The number of likely N-dealkylation sites (tertiary alicyclic amines) is 1. The molecule has 1 aromatic heterocycles. The SMILES string of the molecule is CCN(Cc1csc(C)n1)C1CCOC2(CCN(C(C)C)CC2)C1. The Balaban J connectivity index is 1.61. The standard InChI is InChI=1S/C19H33N3OS/c1-5-21(13-17-14-24-16(4)20-17)18-6-11-23-19(12-18)7-9-22(10-8-19)15(2)3/h14-15,18H,5-13H2,1-4H3. The lowest BCUT2D eigenvalue weighted by atomic mass is 9.81. The van der Waals surface area contributed by atoms with Crippen molar-refractivity contribution in [3.05, 3.63) is 16.1 Å². The molecule has 24 heavy (non-hydrogen) atoms. The van der Waals surface area contributed by atoms with Crippen LogP contribution in [0.25, 0.3) is 0 Å². The van der Waals surface area contributed by atoms with Crippen molar-refractivity contribution in [1.29, 1.82) is 0 Å². The Morgan fingerprint density at radius 2 is 2.17 bits per heavy atom. The Bertz CT molecular complexity index is 522. The molecule has 1 spiro atoms. The van der Waals surface area contributed by atoms with E-state index in [1.165, 1.54) is 43.1 Å². The van der Waals surface area contributed by atoms with Crippen molar-refractivity contribution in [1.82, 2.24) is 14.8 Å². The van der Waals surface area contributed by atoms with Crippen LogP contribution in [0.1, 0.15) is 57.2 Å². The van der Waals surface area contributed by atoms with Crippen LogP contribution in [0.15, 0.2) is 5.38 Å². The van der Waals surface area contributed by atoms with Gasteiger partial charge >= 0.3 is 0 Å². The molecule has 3 heterocycles. The molecule has 2 aliphatic heterocycles. The van der Waals surface area contributed by atoms with Gasteiger partial charge in [-0.05, 0) is 53.0 Å². The van der Waals surface area contributed by atoms with E-state index < -0.39 is 0 Å². The Labute approximate surface area is 151 Å². The minimum Gasteiger partial charge on any atom is -0.375 e. The number of nitrogens with zero attached hydrogens (tertiary/aromatic N) is 3. The number of hydrogen-bond acceptors (Lipinski definition) is 5. The summed E-state index contributed by atoms with van der Waals surface area (Å²) in [5, 5.41) is 3.39. The van der Waals surface area contributed by atoms with E-state index >= 15 is 0 Å². The first kappa shape index (κ1) is 18.3. The molecule has 0 N–H and O–H groups in total. The van der Waals surface area contributed by atoms with Crippen molar-refractivity contribution in [3.8, 4) is 0 Å². The average Bonchev–Trinajstić information content (AvgIpc) is 2.98. The minimum atomic E-state index is 0.125. The summed E-state index contributed by atoms with van der Waals surface area (Å²) in [5.41, 5.74) is 1.36.